The first kappa shape index (κ1) is 17.3. The van der Waals surface area contributed by atoms with E-state index in [0.717, 1.165) is 25.7 Å². The first-order valence-corrected chi connectivity index (χ1v) is 9.01. The van der Waals surface area contributed by atoms with Gasteiger partial charge in [0.05, 0.1) is 13.0 Å². The minimum absolute atomic E-state index is 0.204. The van der Waals surface area contributed by atoms with Crippen LogP contribution in [0.25, 0.3) is 0 Å². The van der Waals surface area contributed by atoms with Crippen molar-refractivity contribution in [2.24, 2.45) is 11.8 Å². The third-order valence-electron chi connectivity index (χ3n) is 5.33. The first-order chi connectivity index (χ1) is 10.6. The summed E-state index contributed by atoms with van der Waals surface area (Å²) in [5.74, 6) is 0.0413. The van der Waals surface area contributed by atoms with Crippen LogP contribution >= 0.6 is 0 Å². The van der Waals surface area contributed by atoms with Gasteiger partial charge in [-0.05, 0) is 25.7 Å². The van der Waals surface area contributed by atoms with Crippen LogP contribution in [0.1, 0.15) is 71.1 Å². The number of nitrogens with zero attached hydrogens (tertiary/aromatic N) is 1. The highest BCUT2D eigenvalue weighted by atomic mass is 16.5. The fourth-order valence-electron chi connectivity index (χ4n) is 3.63. The smallest absolute Gasteiger partial charge is 0.310 e. The van der Waals surface area contributed by atoms with Crippen LogP contribution in [-0.4, -0.2) is 36.5 Å². The number of rotatable bonds is 5. The molecule has 0 bridgehead atoms. The lowest BCUT2D eigenvalue weighted by molar-refractivity contribution is -0.149. The highest BCUT2D eigenvalue weighted by molar-refractivity contribution is 5.81. The van der Waals surface area contributed by atoms with Gasteiger partial charge >= 0.3 is 5.97 Å². The molecule has 4 heteroatoms. The van der Waals surface area contributed by atoms with Gasteiger partial charge in [0.15, 0.2) is 0 Å². The zero-order valence-corrected chi connectivity index (χ0v) is 14.2. The van der Waals surface area contributed by atoms with Crippen LogP contribution in [0.3, 0.4) is 0 Å². The molecule has 2 aliphatic rings. The summed E-state index contributed by atoms with van der Waals surface area (Å²) in [4.78, 5) is 26.7. The quantitative estimate of drug-likeness (QED) is 0.730. The summed E-state index contributed by atoms with van der Waals surface area (Å²) in [5.41, 5.74) is 0. The lowest BCUT2D eigenvalue weighted by atomic mass is 9.83. The van der Waals surface area contributed by atoms with Gasteiger partial charge in [0.1, 0.15) is 0 Å². The Morgan fingerprint density at radius 1 is 1.00 bits per heavy atom. The maximum atomic E-state index is 12.8. The molecule has 0 aromatic rings. The Hall–Kier alpha value is -1.06. The van der Waals surface area contributed by atoms with Crippen LogP contribution in [0.15, 0.2) is 0 Å². The van der Waals surface area contributed by atoms with Gasteiger partial charge in [-0.3, -0.25) is 9.59 Å². The number of ether oxygens (including phenoxy) is 1. The summed E-state index contributed by atoms with van der Waals surface area (Å²) in [6.45, 7) is 2.39. The Morgan fingerprint density at radius 2 is 1.59 bits per heavy atom. The van der Waals surface area contributed by atoms with E-state index in [1.165, 1.54) is 45.6 Å². The zero-order valence-electron chi connectivity index (χ0n) is 14.2. The van der Waals surface area contributed by atoms with E-state index in [2.05, 4.69) is 0 Å². The molecule has 0 saturated heterocycles. The van der Waals surface area contributed by atoms with Crippen molar-refractivity contribution in [3.8, 4) is 0 Å². The van der Waals surface area contributed by atoms with Gasteiger partial charge in [0.25, 0.3) is 0 Å². The van der Waals surface area contributed by atoms with Crippen molar-refractivity contribution in [1.82, 2.24) is 4.90 Å². The van der Waals surface area contributed by atoms with E-state index >= 15 is 0 Å². The number of methoxy groups -OCH3 is 1. The van der Waals surface area contributed by atoms with Gasteiger partial charge in [-0.2, -0.15) is 0 Å². The second kappa shape index (κ2) is 8.54. The van der Waals surface area contributed by atoms with E-state index in [1.807, 2.05) is 11.8 Å². The predicted octanol–water partition coefficient (Wildman–Crippen LogP) is 3.54. The van der Waals surface area contributed by atoms with Gasteiger partial charge in [-0.1, -0.05) is 45.4 Å². The molecule has 2 fully saturated rings. The molecule has 0 N–H and O–H groups in total. The Bertz CT molecular complexity index is 371. The summed E-state index contributed by atoms with van der Waals surface area (Å²) in [6, 6.07) is 0.320. The minimum atomic E-state index is -0.237. The molecular weight excluding hydrogens is 278 g/mol. The lowest BCUT2D eigenvalue weighted by Crippen LogP contribution is -2.48. The number of esters is 1. The Balaban J connectivity index is 2.04. The van der Waals surface area contributed by atoms with Gasteiger partial charge in [-0.25, -0.2) is 0 Å². The second-order valence-corrected chi connectivity index (χ2v) is 7.04. The molecule has 4 nitrogen and oxygen atoms in total. The van der Waals surface area contributed by atoms with Crippen LogP contribution in [-0.2, 0) is 14.3 Å². The summed E-state index contributed by atoms with van der Waals surface area (Å²) >= 11 is 0. The van der Waals surface area contributed by atoms with Crippen LogP contribution in [0.4, 0.5) is 0 Å². The molecule has 22 heavy (non-hydrogen) atoms. The largest absolute Gasteiger partial charge is 0.469 e. The molecule has 0 spiro atoms. The molecule has 0 aromatic carbocycles. The molecule has 1 amide bonds. The second-order valence-electron chi connectivity index (χ2n) is 7.04. The molecule has 126 valence electrons. The van der Waals surface area contributed by atoms with Crippen molar-refractivity contribution in [3.63, 3.8) is 0 Å². The highest BCUT2D eigenvalue weighted by Crippen LogP contribution is 2.31. The molecule has 2 aliphatic carbocycles. The third kappa shape index (κ3) is 4.47. The fraction of sp³-hybridized carbons (Fsp3) is 0.889. The van der Waals surface area contributed by atoms with Crippen LogP contribution in [0.5, 0.6) is 0 Å². The summed E-state index contributed by atoms with van der Waals surface area (Å²) < 4.78 is 4.85. The normalized spacial score (nSPS) is 22.1. The number of hydrogen-bond donors (Lipinski definition) is 0. The summed E-state index contributed by atoms with van der Waals surface area (Å²) in [7, 11) is 1.42. The van der Waals surface area contributed by atoms with Gasteiger partial charge < -0.3 is 9.64 Å². The van der Waals surface area contributed by atoms with E-state index < -0.39 is 0 Å². The molecule has 2 rings (SSSR count). The average Bonchev–Trinajstić information content (AvgIpc) is 2.42. The van der Waals surface area contributed by atoms with E-state index in [-0.39, 0.29) is 23.7 Å². The lowest BCUT2D eigenvalue weighted by Gasteiger charge is -2.39. The SMILES string of the molecule is COC(=O)C(C)CN(C(=O)C1CCC1)C1CCCCCCC1. The molecule has 0 aliphatic heterocycles. The number of hydrogen-bond acceptors (Lipinski definition) is 3. The maximum absolute atomic E-state index is 12.8. The molecule has 0 radical (unpaired) electrons. The molecule has 0 heterocycles. The number of carbonyl (C=O) groups is 2. The summed E-state index contributed by atoms with van der Waals surface area (Å²) in [6.07, 6.45) is 11.7. The standard InChI is InChI=1S/C18H31NO3/c1-14(18(21)22-2)13-19(17(20)15-9-8-10-15)16-11-6-4-3-5-7-12-16/h14-16H,3-13H2,1-2H3. The number of amides is 1. The van der Waals surface area contributed by atoms with Crippen molar-refractivity contribution in [2.75, 3.05) is 13.7 Å². The predicted molar refractivity (Wildman–Crippen MR) is 86.3 cm³/mol. The molecule has 2 saturated carbocycles. The van der Waals surface area contributed by atoms with Crippen LogP contribution < -0.4 is 0 Å². The topological polar surface area (TPSA) is 46.6 Å². The van der Waals surface area contributed by atoms with Crippen LogP contribution in [0.2, 0.25) is 0 Å². The minimum Gasteiger partial charge on any atom is -0.469 e. The molecular formula is C18H31NO3. The summed E-state index contributed by atoms with van der Waals surface area (Å²) in [5, 5.41) is 0. The van der Waals surface area contributed by atoms with Gasteiger partial charge in [-0.15, -0.1) is 0 Å². The fourth-order valence-corrected chi connectivity index (χ4v) is 3.63. The zero-order chi connectivity index (χ0) is 15.9. The Morgan fingerprint density at radius 3 is 2.09 bits per heavy atom. The maximum Gasteiger partial charge on any atom is 0.310 e. The Labute approximate surface area is 134 Å². The monoisotopic (exact) mass is 309 g/mol. The molecule has 0 aromatic heterocycles. The van der Waals surface area contributed by atoms with Crippen molar-refractivity contribution in [3.05, 3.63) is 0 Å². The van der Waals surface area contributed by atoms with E-state index in [0.29, 0.717) is 12.6 Å². The van der Waals surface area contributed by atoms with Crippen molar-refractivity contribution in [1.29, 1.82) is 0 Å². The highest BCUT2D eigenvalue weighted by Gasteiger charge is 2.34. The van der Waals surface area contributed by atoms with Crippen LogP contribution in [0, 0.1) is 11.8 Å². The van der Waals surface area contributed by atoms with E-state index in [1.54, 1.807) is 0 Å². The average molecular weight is 309 g/mol. The van der Waals surface area contributed by atoms with Crippen molar-refractivity contribution in [2.45, 2.75) is 77.2 Å². The van der Waals surface area contributed by atoms with Gasteiger partial charge in [0, 0.05) is 18.5 Å². The van der Waals surface area contributed by atoms with Crippen molar-refractivity contribution < 1.29 is 14.3 Å². The van der Waals surface area contributed by atoms with Crippen molar-refractivity contribution >= 4 is 11.9 Å². The van der Waals surface area contributed by atoms with E-state index in [9.17, 15) is 9.59 Å². The third-order valence-corrected chi connectivity index (χ3v) is 5.33. The molecule has 1 unspecified atom stereocenters. The number of carbonyl (C=O) groups excluding carboxylic acids is 2. The Kier molecular flexibility index (Phi) is 6.71. The van der Waals surface area contributed by atoms with Gasteiger partial charge in [0.2, 0.25) is 5.91 Å². The van der Waals surface area contributed by atoms with E-state index in [4.69, 9.17) is 4.74 Å². The molecule has 1 atom stereocenters. The first-order valence-electron chi connectivity index (χ1n) is 9.01.